The van der Waals surface area contributed by atoms with Gasteiger partial charge in [-0.05, 0) is 31.5 Å². The normalized spacial score (nSPS) is 27.6. The largest absolute Gasteiger partial charge is 0.365 e. The van der Waals surface area contributed by atoms with Crippen LogP contribution in [0.2, 0.25) is 0 Å². The van der Waals surface area contributed by atoms with Crippen LogP contribution < -0.4 is 0 Å². The molecular weight excluding hydrogens is 172 g/mol. The number of nitrogens with zero attached hydrogens (tertiary/aromatic N) is 1. The van der Waals surface area contributed by atoms with Gasteiger partial charge < -0.3 is 4.98 Å². The fraction of sp³-hybridized carbons (Fsp3) is 0.667. The van der Waals surface area contributed by atoms with Gasteiger partial charge in [0.05, 0.1) is 0 Å². The Morgan fingerprint density at radius 2 is 2.21 bits per heavy atom. The van der Waals surface area contributed by atoms with Crippen molar-refractivity contribution in [1.29, 1.82) is 0 Å². The van der Waals surface area contributed by atoms with Crippen LogP contribution in [-0.4, -0.2) is 23.0 Å². The maximum atomic E-state index is 3.38. The molecule has 0 amide bonds. The Hall–Kier alpha value is -0.760. The van der Waals surface area contributed by atoms with Crippen LogP contribution in [0.5, 0.6) is 0 Å². The van der Waals surface area contributed by atoms with Crippen molar-refractivity contribution in [3.05, 3.63) is 23.5 Å². The molecule has 1 aromatic rings. The van der Waals surface area contributed by atoms with Gasteiger partial charge in [-0.25, -0.2) is 0 Å². The zero-order valence-electron chi connectivity index (χ0n) is 9.38. The Kier molecular flexibility index (Phi) is 2.64. The number of H-pyrrole nitrogens is 1. The van der Waals surface area contributed by atoms with E-state index in [4.69, 9.17) is 0 Å². The lowest BCUT2D eigenvalue weighted by Crippen LogP contribution is -2.40. The third-order valence-electron chi connectivity index (χ3n) is 3.59. The number of rotatable bonds is 2. The average Bonchev–Trinajstić information content (AvgIpc) is 2.64. The van der Waals surface area contributed by atoms with Gasteiger partial charge in [0.2, 0.25) is 0 Å². The number of aromatic amines is 1. The van der Waals surface area contributed by atoms with Gasteiger partial charge in [-0.3, -0.25) is 4.90 Å². The molecule has 14 heavy (non-hydrogen) atoms. The summed E-state index contributed by atoms with van der Waals surface area (Å²) >= 11 is 0. The molecule has 0 saturated heterocycles. The second-order valence-corrected chi connectivity index (χ2v) is 4.27. The second-order valence-electron chi connectivity index (χ2n) is 4.27. The van der Waals surface area contributed by atoms with Gasteiger partial charge in [-0.2, -0.15) is 0 Å². The molecule has 1 aliphatic rings. The SMILES string of the molecule is CC[C@@H]1Cc2[nH]ccc2[C@H](CC)N1C. The lowest BCUT2D eigenvalue weighted by molar-refractivity contribution is 0.146. The standard InChI is InChI=1S/C12H20N2/c1-4-9-8-11-10(6-7-13-11)12(5-2)14(9)3/h6-7,9,12-13H,4-5,8H2,1-3H3/t9-,12+/m1/s1. The molecule has 0 fully saturated rings. The zero-order valence-corrected chi connectivity index (χ0v) is 9.38. The van der Waals surface area contributed by atoms with Crippen LogP contribution in [0.15, 0.2) is 12.3 Å². The number of aromatic nitrogens is 1. The van der Waals surface area contributed by atoms with Crippen LogP contribution >= 0.6 is 0 Å². The molecule has 2 rings (SSSR count). The first-order chi connectivity index (χ1) is 6.77. The van der Waals surface area contributed by atoms with Gasteiger partial charge in [-0.1, -0.05) is 13.8 Å². The van der Waals surface area contributed by atoms with E-state index < -0.39 is 0 Å². The number of fused-ring (bicyclic) bond motifs is 1. The Morgan fingerprint density at radius 1 is 1.43 bits per heavy atom. The van der Waals surface area contributed by atoms with Crippen molar-refractivity contribution in [2.75, 3.05) is 7.05 Å². The number of hydrogen-bond acceptors (Lipinski definition) is 1. The van der Waals surface area contributed by atoms with Gasteiger partial charge in [0.1, 0.15) is 0 Å². The molecular formula is C12H20N2. The predicted octanol–water partition coefficient (Wildman–Crippen LogP) is 2.73. The van der Waals surface area contributed by atoms with E-state index in [-0.39, 0.29) is 0 Å². The van der Waals surface area contributed by atoms with E-state index in [9.17, 15) is 0 Å². The average molecular weight is 192 g/mol. The summed E-state index contributed by atoms with van der Waals surface area (Å²) in [6, 6.07) is 3.58. The van der Waals surface area contributed by atoms with E-state index in [1.165, 1.54) is 30.5 Å². The molecule has 2 heteroatoms. The Morgan fingerprint density at radius 3 is 2.86 bits per heavy atom. The topological polar surface area (TPSA) is 19.0 Å². The molecule has 1 aromatic heterocycles. The van der Waals surface area contributed by atoms with E-state index in [0.717, 1.165) is 0 Å². The first kappa shape index (κ1) is 9.78. The molecule has 0 aromatic carbocycles. The van der Waals surface area contributed by atoms with E-state index in [1.54, 1.807) is 0 Å². The highest BCUT2D eigenvalue weighted by Gasteiger charge is 2.29. The fourth-order valence-electron chi connectivity index (χ4n) is 2.70. The summed E-state index contributed by atoms with van der Waals surface area (Å²) in [5.41, 5.74) is 2.97. The summed E-state index contributed by atoms with van der Waals surface area (Å²) in [6.07, 6.45) is 5.72. The van der Waals surface area contributed by atoms with Crippen LogP contribution in [0.3, 0.4) is 0 Å². The summed E-state index contributed by atoms with van der Waals surface area (Å²) in [7, 11) is 2.26. The van der Waals surface area contributed by atoms with Crippen molar-refractivity contribution in [2.24, 2.45) is 0 Å². The maximum absolute atomic E-state index is 3.38. The quantitative estimate of drug-likeness (QED) is 0.763. The van der Waals surface area contributed by atoms with Crippen LogP contribution in [0, 0.1) is 0 Å². The molecule has 1 aliphatic heterocycles. The predicted molar refractivity (Wildman–Crippen MR) is 59.4 cm³/mol. The highest BCUT2D eigenvalue weighted by atomic mass is 15.2. The molecule has 0 unspecified atom stereocenters. The third kappa shape index (κ3) is 1.38. The van der Waals surface area contributed by atoms with Crippen molar-refractivity contribution in [3.8, 4) is 0 Å². The number of likely N-dealkylation sites (N-methyl/N-ethyl adjacent to an activating group) is 1. The lowest BCUT2D eigenvalue weighted by atomic mass is 9.91. The monoisotopic (exact) mass is 192 g/mol. The molecule has 78 valence electrons. The highest BCUT2D eigenvalue weighted by molar-refractivity contribution is 5.28. The molecule has 1 N–H and O–H groups in total. The lowest BCUT2D eigenvalue weighted by Gasteiger charge is -2.38. The van der Waals surface area contributed by atoms with Gasteiger partial charge in [0, 0.05) is 30.4 Å². The van der Waals surface area contributed by atoms with Gasteiger partial charge >= 0.3 is 0 Å². The number of nitrogens with one attached hydrogen (secondary N) is 1. The van der Waals surface area contributed by atoms with Crippen molar-refractivity contribution in [2.45, 2.75) is 45.2 Å². The van der Waals surface area contributed by atoms with E-state index in [0.29, 0.717) is 12.1 Å². The minimum Gasteiger partial charge on any atom is -0.365 e. The molecule has 0 bridgehead atoms. The van der Waals surface area contributed by atoms with Gasteiger partial charge in [-0.15, -0.1) is 0 Å². The number of hydrogen-bond donors (Lipinski definition) is 1. The molecule has 2 atom stereocenters. The Bertz CT molecular complexity index is 303. The summed E-state index contributed by atoms with van der Waals surface area (Å²) < 4.78 is 0. The van der Waals surface area contributed by atoms with Crippen molar-refractivity contribution < 1.29 is 0 Å². The smallest absolute Gasteiger partial charge is 0.0363 e. The van der Waals surface area contributed by atoms with E-state index in [2.05, 4.69) is 43.0 Å². The van der Waals surface area contributed by atoms with Crippen LogP contribution in [0.4, 0.5) is 0 Å². The molecule has 0 radical (unpaired) electrons. The van der Waals surface area contributed by atoms with Gasteiger partial charge in [0.25, 0.3) is 0 Å². The summed E-state index contributed by atoms with van der Waals surface area (Å²) in [6.45, 7) is 4.55. The Labute approximate surface area is 86.3 Å². The third-order valence-corrected chi connectivity index (χ3v) is 3.59. The van der Waals surface area contributed by atoms with Crippen molar-refractivity contribution in [3.63, 3.8) is 0 Å². The Balaban J connectivity index is 2.33. The van der Waals surface area contributed by atoms with E-state index >= 15 is 0 Å². The molecule has 0 aliphatic carbocycles. The van der Waals surface area contributed by atoms with E-state index in [1.807, 2.05) is 0 Å². The molecule has 0 spiro atoms. The zero-order chi connectivity index (χ0) is 10.1. The van der Waals surface area contributed by atoms with Gasteiger partial charge in [0.15, 0.2) is 0 Å². The minimum absolute atomic E-state index is 0.620. The summed E-state index contributed by atoms with van der Waals surface area (Å²) in [5.74, 6) is 0. The minimum atomic E-state index is 0.620. The molecule has 0 saturated carbocycles. The maximum Gasteiger partial charge on any atom is 0.0363 e. The van der Waals surface area contributed by atoms with Crippen molar-refractivity contribution in [1.82, 2.24) is 9.88 Å². The van der Waals surface area contributed by atoms with Crippen molar-refractivity contribution >= 4 is 0 Å². The van der Waals surface area contributed by atoms with Crippen LogP contribution in [0.25, 0.3) is 0 Å². The summed E-state index contributed by atoms with van der Waals surface area (Å²) in [4.78, 5) is 5.92. The summed E-state index contributed by atoms with van der Waals surface area (Å²) in [5, 5.41) is 0. The fourth-order valence-corrected chi connectivity index (χ4v) is 2.70. The van der Waals surface area contributed by atoms with Crippen LogP contribution in [-0.2, 0) is 6.42 Å². The second kappa shape index (κ2) is 3.77. The van der Waals surface area contributed by atoms with Crippen LogP contribution in [0.1, 0.15) is 44.0 Å². The highest BCUT2D eigenvalue weighted by Crippen LogP contribution is 2.34. The first-order valence-electron chi connectivity index (χ1n) is 5.66. The first-order valence-corrected chi connectivity index (χ1v) is 5.66. The molecule has 2 heterocycles. The molecule has 2 nitrogen and oxygen atoms in total.